The fourth-order valence-corrected chi connectivity index (χ4v) is 4.97. The summed E-state index contributed by atoms with van der Waals surface area (Å²) in [5.41, 5.74) is 2.77. The van der Waals surface area contributed by atoms with Gasteiger partial charge in [0, 0.05) is 12.6 Å². The van der Waals surface area contributed by atoms with Crippen molar-refractivity contribution in [2.24, 2.45) is 0 Å². The number of nitrogens with zero attached hydrogens (tertiary/aromatic N) is 2. The van der Waals surface area contributed by atoms with E-state index in [0.29, 0.717) is 17.9 Å². The molecule has 2 aromatic carbocycles. The molecule has 9 heteroatoms. The van der Waals surface area contributed by atoms with Crippen molar-refractivity contribution in [3.63, 3.8) is 0 Å². The molecular formula is C26H37N3O5S. The molecule has 2 amide bonds. The molecule has 0 fully saturated rings. The van der Waals surface area contributed by atoms with Gasteiger partial charge in [-0.2, -0.15) is 0 Å². The van der Waals surface area contributed by atoms with Gasteiger partial charge in [0.1, 0.15) is 18.3 Å². The van der Waals surface area contributed by atoms with Gasteiger partial charge in [-0.15, -0.1) is 0 Å². The Kier molecular flexibility index (Phi) is 9.71. The minimum Gasteiger partial charge on any atom is -0.497 e. The van der Waals surface area contributed by atoms with Gasteiger partial charge in [-0.05, 0) is 62.9 Å². The number of benzene rings is 2. The maximum absolute atomic E-state index is 13.7. The van der Waals surface area contributed by atoms with Crippen LogP contribution in [0.15, 0.2) is 42.5 Å². The number of anilines is 1. The van der Waals surface area contributed by atoms with E-state index in [1.807, 2.05) is 65.0 Å². The number of rotatable bonds is 11. The van der Waals surface area contributed by atoms with E-state index >= 15 is 0 Å². The molecule has 192 valence electrons. The molecule has 0 aliphatic heterocycles. The maximum atomic E-state index is 13.7. The summed E-state index contributed by atoms with van der Waals surface area (Å²) in [6, 6.07) is 11.8. The highest BCUT2D eigenvalue weighted by Gasteiger charge is 2.32. The molecule has 1 N–H and O–H groups in total. The smallest absolute Gasteiger partial charge is 0.244 e. The van der Waals surface area contributed by atoms with Gasteiger partial charge in [0.2, 0.25) is 21.8 Å². The molecule has 8 nitrogen and oxygen atoms in total. The van der Waals surface area contributed by atoms with Crippen LogP contribution in [0, 0.1) is 13.8 Å². The Labute approximate surface area is 209 Å². The lowest BCUT2D eigenvalue weighted by Crippen LogP contribution is -2.53. The predicted molar refractivity (Wildman–Crippen MR) is 139 cm³/mol. The number of methoxy groups -OCH3 is 1. The summed E-state index contributed by atoms with van der Waals surface area (Å²) in [6.45, 7) is 8.90. The fourth-order valence-electron chi connectivity index (χ4n) is 4.00. The van der Waals surface area contributed by atoms with E-state index in [1.165, 1.54) is 4.90 Å². The normalized spacial score (nSPS) is 12.2. The monoisotopic (exact) mass is 503 g/mol. The van der Waals surface area contributed by atoms with Gasteiger partial charge in [-0.3, -0.25) is 13.9 Å². The zero-order valence-corrected chi connectivity index (χ0v) is 22.5. The van der Waals surface area contributed by atoms with Crippen molar-refractivity contribution >= 4 is 27.5 Å². The van der Waals surface area contributed by atoms with Crippen LogP contribution < -0.4 is 14.4 Å². The molecule has 0 aliphatic carbocycles. The molecule has 2 rings (SSSR count). The van der Waals surface area contributed by atoms with E-state index in [4.69, 9.17) is 4.74 Å². The first-order chi connectivity index (χ1) is 16.4. The third-order valence-electron chi connectivity index (χ3n) is 5.70. The highest BCUT2D eigenvalue weighted by molar-refractivity contribution is 7.92. The number of sulfonamides is 1. The molecule has 0 unspecified atom stereocenters. The molecule has 35 heavy (non-hydrogen) atoms. The molecule has 0 aromatic heterocycles. The highest BCUT2D eigenvalue weighted by atomic mass is 32.2. The molecule has 2 aromatic rings. The third-order valence-corrected chi connectivity index (χ3v) is 6.81. The minimum absolute atomic E-state index is 0.100. The first-order valence-electron chi connectivity index (χ1n) is 11.7. The summed E-state index contributed by atoms with van der Waals surface area (Å²) in [4.78, 5) is 28.2. The summed E-state index contributed by atoms with van der Waals surface area (Å²) < 4.78 is 32.0. The largest absolute Gasteiger partial charge is 0.497 e. The summed E-state index contributed by atoms with van der Waals surface area (Å²) in [7, 11) is -2.21. The Morgan fingerprint density at radius 2 is 1.60 bits per heavy atom. The van der Waals surface area contributed by atoms with Gasteiger partial charge in [0.25, 0.3) is 0 Å². The van der Waals surface area contributed by atoms with Crippen LogP contribution in [-0.2, 0) is 26.2 Å². The maximum Gasteiger partial charge on any atom is 0.244 e. The molecule has 1 atom stereocenters. The van der Waals surface area contributed by atoms with Crippen LogP contribution in [-0.4, -0.2) is 57.1 Å². The third kappa shape index (κ3) is 7.45. The van der Waals surface area contributed by atoms with E-state index in [2.05, 4.69) is 5.32 Å². The zero-order chi connectivity index (χ0) is 26.3. The molecule has 0 spiro atoms. The number of para-hydroxylation sites is 1. The molecular weight excluding hydrogens is 466 g/mol. The van der Waals surface area contributed by atoms with Crippen molar-refractivity contribution in [1.29, 1.82) is 0 Å². The Balaban J connectivity index is 2.49. The average molecular weight is 504 g/mol. The number of ether oxygens (including phenoxy) is 1. The lowest BCUT2D eigenvalue weighted by molar-refractivity contribution is -0.140. The van der Waals surface area contributed by atoms with Gasteiger partial charge in [-0.25, -0.2) is 8.42 Å². The first kappa shape index (κ1) is 28.2. The van der Waals surface area contributed by atoms with Gasteiger partial charge in [0.05, 0.1) is 19.1 Å². The minimum atomic E-state index is -3.78. The van der Waals surface area contributed by atoms with Gasteiger partial charge in [-0.1, -0.05) is 37.3 Å². The van der Waals surface area contributed by atoms with Crippen LogP contribution in [0.5, 0.6) is 5.75 Å². The summed E-state index contributed by atoms with van der Waals surface area (Å²) in [5.74, 6) is -0.0588. The second-order valence-corrected chi connectivity index (χ2v) is 10.9. The van der Waals surface area contributed by atoms with E-state index in [0.717, 1.165) is 27.3 Å². The lowest BCUT2D eigenvalue weighted by atomic mass is 10.1. The van der Waals surface area contributed by atoms with Gasteiger partial charge in [0.15, 0.2) is 0 Å². The van der Waals surface area contributed by atoms with Crippen molar-refractivity contribution in [3.8, 4) is 5.75 Å². The number of carbonyl (C=O) groups is 2. The Morgan fingerprint density at radius 3 is 2.06 bits per heavy atom. The van der Waals surface area contributed by atoms with Gasteiger partial charge >= 0.3 is 0 Å². The van der Waals surface area contributed by atoms with Crippen LogP contribution in [0.25, 0.3) is 0 Å². The summed E-state index contributed by atoms with van der Waals surface area (Å²) >= 11 is 0. The zero-order valence-electron chi connectivity index (χ0n) is 21.7. The number of amides is 2. The van der Waals surface area contributed by atoms with Crippen molar-refractivity contribution in [2.45, 2.75) is 59.7 Å². The fraction of sp³-hybridized carbons (Fsp3) is 0.462. The summed E-state index contributed by atoms with van der Waals surface area (Å²) in [5, 5.41) is 2.88. The number of hydrogen-bond donors (Lipinski definition) is 1. The number of aryl methyl sites for hydroxylation is 2. The van der Waals surface area contributed by atoms with E-state index in [1.54, 1.807) is 19.2 Å². The Morgan fingerprint density at radius 1 is 1.03 bits per heavy atom. The van der Waals surface area contributed by atoms with Crippen LogP contribution in [0.2, 0.25) is 0 Å². The van der Waals surface area contributed by atoms with E-state index in [9.17, 15) is 18.0 Å². The van der Waals surface area contributed by atoms with Crippen molar-refractivity contribution in [2.75, 3.05) is 24.2 Å². The standard InChI is InChI=1S/C26H37N3O5S/c1-8-23(26(31)27-18(2)3)28(16-21-12-14-22(34-6)15-13-21)24(30)17-29(35(7,32)33)25-19(4)10-9-11-20(25)5/h9-15,18,23H,8,16-17H2,1-7H3,(H,27,31)/t23-/m0/s1. The average Bonchev–Trinajstić information content (AvgIpc) is 2.77. The number of carbonyl (C=O) groups excluding carboxylic acids is 2. The second kappa shape index (κ2) is 12.1. The number of hydrogen-bond acceptors (Lipinski definition) is 5. The Hall–Kier alpha value is -3.07. The topological polar surface area (TPSA) is 96.0 Å². The van der Waals surface area contributed by atoms with Crippen LogP contribution >= 0.6 is 0 Å². The molecule has 0 heterocycles. The molecule has 0 radical (unpaired) electrons. The predicted octanol–water partition coefficient (Wildman–Crippen LogP) is 3.41. The Bertz CT molecular complexity index is 1110. The van der Waals surface area contributed by atoms with E-state index < -0.39 is 28.5 Å². The van der Waals surface area contributed by atoms with Gasteiger partial charge < -0.3 is 15.0 Å². The van der Waals surface area contributed by atoms with Crippen LogP contribution in [0.4, 0.5) is 5.69 Å². The molecule has 0 aliphatic rings. The first-order valence-corrected chi connectivity index (χ1v) is 13.5. The number of nitrogens with one attached hydrogen (secondary N) is 1. The molecule has 0 saturated carbocycles. The molecule has 0 bridgehead atoms. The van der Waals surface area contributed by atoms with E-state index in [-0.39, 0.29) is 18.5 Å². The summed E-state index contributed by atoms with van der Waals surface area (Å²) in [6.07, 6.45) is 1.46. The SMILES string of the molecule is CC[C@@H](C(=O)NC(C)C)N(Cc1ccc(OC)cc1)C(=O)CN(c1c(C)cccc1C)S(C)(=O)=O. The quantitative estimate of drug-likeness (QED) is 0.507. The van der Waals surface area contributed by atoms with Crippen LogP contribution in [0.3, 0.4) is 0 Å². The van der Waals surface area contributed by atoms with Crippen molar-refractivity contribution in [1.82, 2.24) is 10.2 Å². The lowest BCUT2D eigenvalue weighted by Gasteiger charge is -2.34. The molecule has 0 saturated heterocycles. The van der Waals surface area contributed by atoms with Crippen molar-refractivity contribution < 1.29 is 22.7 Å². The second-order valence-electron chi connectivity index (χ2n) is 8.97. The van der Waals surface area contributed by atoms with Crippen molar-refractivity contribution in [3.05, 3.63) is 59.2 Å². The van der Waals surface area contributed by atoms with Crippen LogP contribution in [0.1, 0.15) is 43.9 Å². The highest BCUT2D eigenvalue weighted by Crippen LogP contribution is 2.27.